The van der Waals surface area contributed by atoms with E-state index >= 15 is 0 Å². The van der Waals surface area contributed by atoms with Crippen LogP contribution >= 0.6 is 0 Å². The molecule has 1 aromatic carbocycles. The van der Waals surface area contributed by atoms with E-state index in [2.05, 4.69) is 15.5 Å². The second kappa shape index (κ2) is 6.95. The predicted molar refractivity (Wildman–Crippen MR) is 92.5 cm³/mol. The van der Waals surface area contributed by atoms with Gasteiger partial charge < -0.3 is 10.2 Å². The van der Waals surface area contributed by atoms with E-state index in [9.17, 15) is 13.6 Å². The SMILES string of the molecule is CO[n+]1c(C(=O)Nc2cc3cn[nH]c3cc2N(C)C)cccc1C(F)F. The number of pyridine rings is 1. The number of hydrogen-bond donors (Lipinski definition) is 2. The molecule has 0 saturated carbocycles. The molecule has 0 spiro atoms. The fourth-order valence-electron chi connectivity index (χ4n) is 2.68. The van der Waals surface area contributed by atoms with E-state index in [4.69, 9.17) is 4.84 Å². The monoisotopic (exact) mass is 362 g/mol. The lowest BCUT2D eigenvalue weighted by atomic mass is 10.2. The number of amides is 1. The van der Waals surface area contributed by atoms with E-state index in [1.807, 2.05) is 25.1 Å². The van der Waals surface area contributed by atoms with Crippen molar-refractivity contribution in [2.24, 2.45) is 0 Å². The molecule has 26 heavy (non-hydrogen) atoms. The zero-order valence-corrected chi connectivity index (χ0v) is 14.5. The van der Waals surface area contributed by atoms with Crippen LogP contribution in [0.4, 0.5) is 20.2 Å². The molecule has 2 N–H and O–H groups in total. The molecule has 3 aromatic rings. The summed E-state index contributed by atoms with van der Waals surface area (Å²) in [4.78, 5) is 19.5. The molecule has 0 atom stereocenters. The van der Waals surface area contributed by atoms with Crippen LogP contribution in [0.2, 0.25) is 0 Å². The molecular weight excluding hydrogens is 344 g/mol. The summed E-state index contributed by atoms with van der Waals surface area (Å²) in [5.74, 6) is -0.569. The average molecular weight is 362 g/mol. The third-order valence-electron chi connectivity index (χ3n) is 3.90. The molecule has 0 radical (unpaired) electrons. The van der Waals surface area contributed by atoms with Crippen molar-refractivity contribution in [1.82, 2.24) is 10.2 Å². The Hall–Kier alpha value is -3.23. The van der Waals surface area contributed by atoms with Gasteiger partial charge in [-0.1, -0.05) is 0 Å². The van der Waals surface area contributed by atoms with E-state index < -0.39 is 18.0 Å². The molecule has 0 saturated heterocycles. The number of benzene rings is 1. The van der Waals surface area contributed by atoms with E-state index in [1.54, 1.807) is 12.3 Å². The minimum absolute atomic E-state index is 0.0395. The van der Waals surface area contributed by atoms with Crippen molar-refractivity contribution >= 4 is 28.2 Å². The van der Waals surface area contributed by atoms with Crippen molar-refractivity contribution in [3.8, 4) is 0 Å². The molecule has 2 aromatic heterocycles. The van der Waals surface area contributed by atoms with E-state index in [0.717, 1.165) is 21.3 Å². The Bertz CT molecular complexity index is 955. The van der Waals surface area contributed by atoms with Crippen LogP contribution in [-0.4, -0.2) is 37.3 Å². The van der Waals surface area contributed by atoms with Gasteiger partial charge in [-0.3, -0.25) is 14.7 Å². The Morgan fingerprint density at radius 1 is 1.35 bits per heavy atom. The molecule has 136 valence electrons. The molecule has 0 aliphatic heterocycles. The second-order valence-electron chi connectivity index (χ2n) is 5.79. The number of hydrogen-bond acceptors (Lipinski definition) is 4. The van der Waals surface area contributed by atoms with Gasteiger partial charge in [0.2, 0.25) is 0 Å². The van der Waals surface area contributed by atoms with Crippen LogP contribution in [0.1, 0.15) is 22.6 Å². The van der Waals surface area contributed by atoms with Gasteiger partial charge in [0.25, 0.3) is 0 Å². The van der Waals surface area contributed by atoms with Gasteiger partial charge in [0.05, 0.1) is 23.1 Å². The molecule has 0 aliphatic rings. The minimum atomic E-state index is -2.78. The highest BCUT2D eigenvalue weighted by Crippen LogP contribution is 2.29. The maximum atomic E-state index is 13.1. The van der Waals surface area contributed by atoms with Crippen LogP contribution in [0.25, 0.3) is 10.9 Å². The maximum absolute atomic E-state index is 13.1. The summed E-state index contributed by atoms with van der Waals surface area (Å²) in [6.07, 6.45) is -1.14. The summed E-state index contributed by atoms with van der Waals surface area (Å²) < 4.78 is 27.1. The van der Waals surface area contributed by atoms with Crippen LogP contribution in [0.3, 0.4) is 0 Å². The molecule has 7 nitrogen and oxygen atoms in total. The molecule has 2 heterocycles. The van der Waals surface area contributed by atoms with Crippen LogP contribution in [0.5, 0.6) is 0 Å². The third-order valence-corrected chi connectivity index (χ3v) is 3.90. The molecular formula is C17H18F2N5O2+. The average Bonchev–Trinajstić information content (AvgIpc) is 3.07. The van der Waals surface area contributed by atoms with E-state index in [0.29, 0.717) is 5.69 Å². The highest BCUT2D eigenvalue weighted by atomic mass is 19.3. The number of carbonyl (C=O) groups is 1. The first-order valence-corrected chi connectivity index (χ1v) is 7.75. The lowest BCUT2D eigenvalue weighted by Crippen LogP contribution is -2.50. The van der Waals surface area contributed by atoms with Crippen molar-refractivity contribution in [2.75, 3.05) is 31.4 Å². The zero-order chi connectivity index (χ0) is 18.8. The predicted octanol–water partition coefficient (Wildman–Crippen LogP) is 2.16. The zero-order valence-electron chi connectivity index (χ0n) is 14.5. The first-order valence-electron chi connectivity index (χ1n) is 7.75. The Labute approximate surface area is 148 Å². The summed E-state index contributed by atoms with van der Waals surface area (Å²) in [5.41, 5.74) is 1.64. The maximum Gasteiger partial charge on any atom is 0.325 e. The fourth-order valence-corrected chi connectivity index (χ4v) is 2.68. The van der Waals surface area contributed by atoms with Crippen molar-refractivity contribution in [3.05, 3.63) is 47.9 Å². The molecule has 9 heteroatoms. The molecule has 0 fully saturated rings. The second-order valence-corrected chi connectivity index (χ2v) is 5.79. The topological polar surface area (TPSA) is 74.1 Å². The number of alkyl halides is 2. The number of anilines is 2. The van der Waals surface area contributed by atoms with Gasteiger partial charge >= 0.3 is 23.7 Å². The Morgan fingerprint density at radius 2 is 2.12 bits per heavy atom. The van der Waals surface area contributed by atoms with E-state index in [-0.39, 0.29) is 5.69 Å². The first-order chi connectivity index (χ1) is 12.4. The molecule has 1 amide bonds. The van der Waals surface area contributed by atoms with Gasteiger partial charge in [0, 0.05) is 36.3 Å². The molecule has 0 bridgehead atoms. The van der Waals surface area contributed by atoms with Gasteiger partial charge in [0.15, 0.2) is 0 Å². The standard InChI is InChI=1S/C17H17F2N5O2/c1-23(2)15-8-11-10(9-20-22-11)7-12(15)21-17(25)14-6-4-5-13(16(18)19)24(14)26-3/h4-9,16,25H,1-3H3/p+1. The number of halogens is 2. The van der Waals surface area contributed by atoms with Crippen LogP contribution < -0.4 is 19.8 Å². The molecule has 0 unspecified atom stereocenters. The van der Waals surface area contributed by atoms with Gasteiger partial charge in [0.1, 0.15) is 7.11 Å². The number of fused-ring (bicyclic) bond motifs is 1. The van der Waals surface area contributed by atoms with Crippen molar-refractivity contribution in [3.63, 3.8) is 0 Å². The van der Waals surface area contributed by atoms with E-state index in [1.165, 1.54) is 25.3 Å². The lowest BCUT2D eigenvalue weighted by Gasteiger charge is -2.17. The fraction of sp³-hybridized carbons (Fsp3) is 0.235. The quantitative estimate of drug-likeness (QED) is 0.682. The number of aromatic amines is 1. The summed E-state index contributed by atoms with van der Waals surface area (Å²) in [5, 5.41) is 10.4. The highest BCUT2D eigenvalue weighted by molar-refractivity contribution is 6.05. The van der Waals surface area contributed by atoms with Crippen LogP contribution in [0.15, 0.2) is 36.5 Å². The summed E-state index contributed by atoms with van der Waals surface area (Å²) in [7, 11) is 4.89. The number of rotatable bonds is 5. The smallest absolute Gasteiger partial charge is 0.325 e. The molecule has 3 rings (SSSR count). The number of aromatic nitrogens is 3. The number of nitrogens with zero attached hydrogens (tertiary/aromatic N) is 3. The summed E-state index contributed by atoms with van der Waals surface area (Å²) >= 11 is 0. The Morgan fingerprint density at radius 3 is 2.77 bits per heavy atom. The number of nitrogens with one attached hydrogen (secondary N) is 2. The van der Waals surface area contributed by atoms with Crippen molar-refractivity contribution < 1.29 is 23.1 Å². The summed E-state index contributed by atoms with van der Waals surface area (Å²) in [6.45, 7) is 0. The van der Waals surface area contributed by atoms with Gasteiger partial charge in [-0.05, 0) is 18.2 Å². The highest BCUT2D eigenvalue weighted by Gasteiger charge is 2.30. The minimum Gasteiger partial charge on any atom is -0.376 e. The van der Waals surface area contributed by atoms with Crippen LogP contribution in [-0.2, 0) is 0 Å². The van der Waals surface area contributed by atoms with Crippen LogP contribution in [0, 0.1) is 0 Å². The molecule has 0 aliphatic carbocycles. The Balaban J connectivity index is 2.02. The first kappa shape index (κ1) is 17.6. The Kier molecular flexibility index (Phi) is 4.70. The van der Waals surface area contributed by atoms with Gasteiger partial charge in [-0.2, -0.15) is 13.9 Å². The van der Waals surface area contributed by atoms with Crippen molar-refractivity contribution in [2.45, 2.75) is 6.43 Å². The summed E-state index contributed by atoms with van der Waals surface area (Å²) in [6, 6.07) is 7.61. The van der Waals surface area contributed by atoms with Gasteiger partial charge in [-0.25, -0.2) is 0 Å². The largest absolute Gasteiger partial charge is 0.376 e. The number of carbonyl (C=O) groups excluding carboxylic acids is 1. The van der Waals surface area contributed by atoms with Gasteiger partial charge in [-0.15, -0.1) is 0 Å². The lowest BCUT2D eigenvalue weighted by molar-refractivity contribution is -0.893. The number of H-pyrrole nitrogens is 1. The third kappa shape index (κ3) is 3.15. The van der Waals surface area contributed by atoms with Crippen molar-refractivity contribution in [1.29, 1.82) is 0 Å². The normalized spacial score (nSPS) is 11.0.